The maximum atomic E-state index is 11.7. The Morgan fingerprint density at radius 2 is 2.05 bits per heavy atom. The lowest BCUT2D eigenvalue weighted by molar-refractivity contribution is -0.120. The van der Waals surface area contributed by atoms with E-state index >= 15 is 0 Å². The average Bonchev–Trinajstić information content (AvgIpc) is 2.50. The van der Waals surface area contributed by atoms with E-state index in [4.69, 9.17) is 4.74 Å². The van der Waals surface area contributed by atoms with Crippen LogP contribution in [0, 0.1) is 0 Å². The van der Waals surface area contributed by atoms with Gasteiger partial charge in [0.25, 0.3) is 0 Å². The van der Waals surface area contributed by atoms with Crippen LogP contribution in [0.3, 0.4) is 0 Å². The Morgan fingerprint density at radius 1 is 1.27 bits per heavy atom. The molecule has 0 aliphatic carbocycles. The van der Waals surface area contributed by atoms with Gasteiger partial charge in [-0.3, -0.25) is 4.79 Å². The minimum Gasteiger partial charge on any atom is -0.508 e. The number of carbonyl (C=O) groups excluding carboxylic acids is 1. The Balaban J connectivity index is 1.87. The number of phenols is 1. The minimum absolute atomic E-state index is 0.177. The van der Waals surface area contributed by atoms with E-state index in [1.54, 1.807) is 30.5 Å². The van der Waals surface area contributed by atoms with Crippen molar-refractivity contribution in [2.24, 2.45) is 5.10 Å². The number of hydrogen-bond donors (Lipinski definition) is 2. The van der Waals surface area contributed by atoms with Crippen molar-refractivity contribution in [1.82, 2.24) is 5.43 Å². The van der Waals surface area contributed by atoms with Gasteiger partial charge in [0.2, 0.25) is 5.91 Å². The predicted molar refractivity (Wildman–Crippen MR) is 85.2 cm³/mol. The lowest BCUT2D eigenvalue weighted by Crippen LogP contribution is -2.19. The minimum atomic E-state index is -0.220. The fourth-order valence-corrected chi connectivity index (χ4v) is 1.87. The van der Waals surface area contributed by atoms with E-state index in [-0.39, 0.29) is 18.1 Å². The summed E-state index contributed by atoms with van der Waals surface area (Å²) in [7, 11) is 0. The topological polar surface area (TPSA) is 70.9 Å². The van der Waals surface area contributed by atoms with Crippen LogP contribution in [-0.4, -0.2) is 23.8 Å². The highest BCUT2D eigenvalue weighted by Crippen LogP contribution is 2.12. The highest BCUT2D eigenvalue weighted by atomic mass is 16.5. The summed E-state index contributed by atoms with van der Waals surface area (Å²) in [5.74, 6) is 0.723. The first kappa shape index (κ1) is 15.6. The van der Waals surface area contributed by atoms with Crippen molar-refractivity contribution in [3.8, 4) is 11.5 Å². The lowest BCUT2D eigenvalue weighted by Gasteiger charge is -2.03. The summed E-state index contributed by atoms with van der Waals surface area (Å²) in [5.41, 5.74) is 4.13. The van der Waals surface area contributed by atoms with Crippen LogP contribution < -0.4 is 10.2 Å². The highest BCUT2D eigenvalue weighted by molar-refractivity contribution is 5.83. The molecule has 1 amide bonds. The summed E-state index contributed by atoms with van der Waals surface area (Å²) in [5, 5.41) is 13.1. The second-order valence-corrected chi connectivity index (χ2v) is 4.64. The molecule has 0 aliphatic heterocycles. The van der Waals surface area contributed by atoms with Gasteiger partial charge in [0.1, 0.15) is 11.5 Å². The molecule has 5 heteroatoms. The van der Waals surface area contributed by atoms with Crippen molar-refractivity contribution in [3.63, 3.8) is 0 Å². The van der Waals surface area contributed by atoms with E-state index in [0.29, 0.717) is 6.61 Å². The first-order valence-electron chi connectivity index (χ1n) is 7.00. The first-order valence-corrected chi connectivity index (χ1v) is 7.00. The number of hydrogen-bond acceptors (Lipinski definition) is 4. The molecule has 0 aliphatic rings. The van der Waals surface area contributed by atoms with E-state index in [2.05, 4.69) is 10.5 Å². The van der Waals surface area contributed by atoms with Gasteiger partial charge < -0.3 is 9.84 Å². The quantitative estimate of drug-likeness (QED) is 0.636. The number of aromatic hydroxyl groups is 1. The molecule has 2 aromatic carbocycles. The van der Waals surface area contributed by atoms with Crippen LogP contribution in [0.1, 0.15) is 18.1 Å². The van der Waals surface area contributed by atoms with Gasteiger partial charge >= 0.3 is 0 Å². The van der Waals surface area contributed by atoms with E-state index in [9.17, 15) is 9.90 Å². The average molecular weight is 298 g/mol. The number of carbonyl (C=O) groups is 1. The maximum absolute atomic E-state index is 11.7. The van der Waals surface area contributed by atoms with Crippen molar-refractivity contribution in [2.75, 3.05) is 6.61 Å². The zero-order valence-electron chi connectivity index (χ0n) is 12.3. The first-order chi connectivity index (χ1) is 10.7. The number of amides is 1. The van der Waals surface area contributed by atoms with Crippen molar-refractivity contribution in [1.29, 1.82) is 0 Å². The molecule has 2 aromatic rings. The van der Waals surface area contributed by atoms with Crippen LogP contribution in [0.2, 0.25) is 0 Å². The van der Waals surface area contributed by atoms with Crippen LogP contribution in [0.15, 0.2) is 53.6 Å². The molecule has 0 atom stereocenters. The van der Waals surface area contributed by atoms with Crippen molar-refractivity contribution >= 4 is 12.1 Å². The van der Waals surface area contributed by atoms with Gasteiger partial charge in [-0.1, -0.05) is 24.3 Å². The Hall–Kier alpha value is -2.82. The molecule has 0 bridgehead atoms. The number of ether oxygens (including phenoxy) is 1. The maximum Gasteiger partial charge on any atom is 0.244 e. The van der Waals surface area contributed by atoms with Crippen LogP contribution in [0.25, 0.3) is 0 Å². The van der Waals surface area contributed by atoms with Crippen molar-refractivity contribution < 1.29 is 14.6 Å². The van der Waals surface area contributed by atoms with Crippen LogP contribution in [-0.2, 0) is 11.2 Å². The molecule has 0 saturated carbocycles. The predicted octanol–water partition coefficient (Wildman–Crippen LogP) is 2.48. The number of phenolic OH excluding ortho intramolecular Hbond substituents is 1. The fourth-order valence-electron chi connectivity index (χ4n) is 1.87. The SMILES string of the molecule is CCOc1cccc(/C=N\NC(=O)Cc2ccc(O)cc2)c1. The molecule has 22 heavy (non-hydrogen) atoms. The van der Waals surface area contributed by atoms with Gasteiger partial charge in [-0.2, -0.15) is 5.10 Å². The summed E-state index contributed by atoms with van der Waals surface area (Å²) >= 11 is 0. The molecule has 5 nitrogen and oxygen atoms in total. The number of rotatable bonds is 6. The molecule has 114 valence electrons. The normalized spacial score (nSPS) is 10.6. The molecule has 0 fully saturated rings. The smallest absolute Gasteiger partial charge is 0.244 e. The number of benzene rings is 2. The van der Waals surface area contributed by atoms with Gasteiger partial charge in [-0.15, -0.1) is 0 Å². The molecule has 2 N–H and O–H groups in total. The summed E-state index contributed by atoms with van der Waals surface area (Å²) < 4.78 is 5.39. The van der Waals surface area contributed by atoms with Crippen LogP contribution in [0.4, 0.5) is 0 Å². The van der Waals surface area contributed by atoms with E-state index in [1.807, 2.05) is 31.2 Å². The van der Waals surface area contributed by atoms with Gasteiger partial charge in [-0.25, -0.2) is 5.43 Å². The third-order valence-electron chi connectivity index (χ3n) is 2.87. The molecular formula is C17H18N2O3. The molecule has 0 unspecified atom stereocenters. The second-order valence-electron chi connectivity index (χ2n) is 4.64. The van der Waals surface area contributed by atoms with Crippen molar-refractivity contribution in [3.05, 3.63) is 59.7 Å². The number of hydrazone groups is 1. The molecule has 0 radical (unpaired) electrons. The van der Waals surface area contributed by atoms with Gasteiger partial charge in [0.05, 0.1) is 19.2 Å². The Labute approximate surface area is 129 Å². The summed E-state index contributed by atoms with van der Waals surface area (Å²) in [6.07, 6.45) is 1.77. The molecule has 0 heterocycles. The van der Waals surface area contributed by atoms with E-state index in [0.717, 1.165) is 16.9 Å². The molecule has 0 saturated heterocycles. The fraction of sp³-hybridized carbons (Fsp3) is 0.176. The molecule has 2 rings (SSSR count). The standard InChI is InChI=1S/C17H18N2O3/c1-2-22-16-5-3-4-14(10-16)12-18-19-17(21)11-13-6-8-15(20)9-7-13/h3-10,12,20H,2,11H2,1H3,(H,19,21)/b18-12-. The highest BCUT2D eigenvalue weighted by Gasteiger charge is 2.02. The summed E-state index contributed by atoms with van der Waals surface area (Å²) in [6.45, 7) is 2.52. The third kappa shape index (κ3) is 4.94. The Kier molecular flexibility index (Phi) is 5.54. The Morgan fingerprint density at radius 3 is 2.77 bits per heavy atom. The van der Waals surface area contributed by atoms with Crippen LogP contribution >= 0.6 is 0 Å². The number of nitrogens with one attached hydrogen (secondary N) is 1. The van der Waals surface area contributed by atoms with Gasteiger partial charge in [0, 0.05) is 0 Å². The summed E-state index contributed by atoms with van der Waals surface area (Å²) in [4.78, 5) is 11.7. The zero-order chi connectivity index (χ0) is 15.8. The molecular weight excluding hydrogens is 280 g/mol. The zero-order valence-corrected chi connectivity index (χ0v) is 12.3. The van der Waals surface area contributed by atoms with Gasteiger partial charge in [0.15, 0.2) is 0 Å². The summed E-state index contributed by atoms with van der Waals surface area (Å²) in [6, 6.07) is 13.9. The lowest BCUT2D eigenvalue weighted by atomic mass is 10.1. The molecule has 0 aromatic heterocycles. The Bertz CT molecular complexity index is 651. The van der Waals surface area contributed by atoms with Crippen LogP contribution in [0.5, 0.6) is 11.5 Å². The van der Waals surface area contributed by atoms with Crippen molar-refractivity contribution in [2.45, 2.75) is 13.3 Å². The second kappa shape index (κ2) is 7.83. The molecule has 0 spiro atoms. The monoisotopic (exact) mass is 298 g/mol. The van der Waals surface area contributed by atoms with E-state index < -0.39 is 0 Å². The van der Waals surface area contributed by atoms with Gasteiger partial charge in [-0.05, 0) is 42.3 Å². The third-order valence-corrected chi connectivity index (χ3v) is 2.87. The largest absolute Gasteiger partial charge is 0.508 e. The number of nitrogens with zero attached hydrogens (tertiary/aromatic N) is 1. The van der Waals surface area contributed by atoms with E-state index in [1.165, 1.54) is 0 Å².